The van der Waals surface area contributed by atoms with Crippen LogP contribution in [0.15, 0.2) is 78.0 Å². The average molecular weight is 419 g/mol. The third-order valence-corrected chi connectivity index (χ3v) is 4.65. The molecule has 31 heavy (non-hydrogen) atoms. The second kappa shape index (κ2) is 8.27. The summed E-state index contributed by atoms with van der Waals surface area (Å²) < 4.78 is 28.6. The van der Waals surface area contributed by atoms with Crippen molar-refractivity contribution in [3.05, 3.63) is 106 Å². The van der Waals surface area contributed by atoms with Gasteiger partial charge >= 0.3 is 0 Å². The van der Waals surface area contributed by atoms with E-state index < -0.39 is 28.8 Å². The minimum atomic E-state index is -0.645. The lowest BCUT2D eigenvalue weighted by Crippen LogP contribution is -2.24. The third-order valence-electron chi connectivity index (χ3n) is 4.65. The van der Waals surface area contributed by atoms with Gasteiger partial charge in [-0.1, -0.05) is 6.07 Å². The number of nitrogens with zero attached hydrogens (tertiary/aromatic N) is 2. The van der Waals surface area contributed by atoms with E-state index in [-0.39, 0.29) is 34.3 Å². The molecule has 8 heteroatoms. The van der Waals surface area contributed by atoms with Gasteiger partial charge in [-0.2, -0.15) is 0 Å². The molecular weight excluding hydrogens is 404 g/mol. The molecule has 0 saturated heterocycles. The maximum Gasteiger partial charge on any atom is 0.244 e. The lowest BCUT2D eigenvalue weighted by Gasteiger charge is -2.13. The van der Waals surface area contributed by atoms with Crippen LogP contribution in [0.3, 0.4) is 0 Å². The minimum absolute atomic E-state index is 0.0292. The fraction of sp³-hybridized carbons (Fsp3) is 0.0435. The number of ketones is 1. The first-order chi connectivity index (χ1) is 14.9. The number of hydrogen-bond donors (Lipinski definition) is 1. The number of rotatable bonds is 5. The number of amides is 1. The first-order valence-corrected chi connectivity index (χ1v) is 9.25. The Labute approximate surface area is 174 Å². The van der Waals surface area contributed by atoms with E-state index in [1.54, 1.807) is 0 Å². The minimum Gasteiger partial charge on any atom is -0.337 e. The van der Waals surface area contributed by atoms with E-state index in [0.29, 0.717) is 0 Å². The van der Waals surface area contributed by atoms with Gasteiger partial charge in [-0.3, -0.25) is 19.4 Å². The first kappa shape index (κ1) is 20.1. The van der Waals surface area contributed by atoms with Gasteiger partial charge in [-0.25, -0.2) is 8.78 Å². The number of carbonyl (C=O) groups excluding carboxylic acids is 2. The number of aromatic nitrogens is 2. The van der Waals surface area contributed by atoms with E-state index >= 15 is 0 Å². The Morgan fingerprint density at radius 2 is 1.71 bits per heavy atom. The van der Waals surface area contributed by atoms with Crippen LogP contribution in [0.2, 0.25) is 0 Å². The van der Waals surface area contributed by atoms with Crippen molar-refractivity contribution in [2.24, 2.45) is 0 Å². The predicted molar refractivity (Wildman–Crippen MR) is 111 cm³/mol. The number of halogens is 2. The molecule has 0 bridgehead atoms. The highest BCUT2D eigenvalue weighted by Gasteiger charge is 2.18. The lowest BCUT2D eigenvalue weighted by atomic mass is 10.0. The van der Waals surface area contributed by atoms with Crippen LogP contribution in [-0.4, -0.2) is 21.2 Å². The van der Waals surface area contributed by atoms with Crippen LogP contribution >= 0.6 is 0 Å². The summed E-state index contributed by atoms with van der Waals surface area (Å²) in [4.78, 5) is 42.2. The molecule has 1 N–H and O–H groups in total. The van der Waals surface area contributed by atoms with Crippen molar-refractivity contribution in [2.75, 3.05) is 5.32 Å². The fourth-order valence-electron chi connectivity index (χ4n) is 3.24. The van der Waals surface area contributed by atoms with Crippen LogP contribution in [0.25, 0.3) is 10.9 Å². The Kier molecular flexibility index (Phi) is 5.36. The second-order valence-electron chi connectivity index (χ2n) is 6.78. The summed E-state index contributed by atoms with van der Waals surface area (Å²) in [5.41, 5.74) is -0.0684. The molecule has 0 unspecified atom stereocenters. The maximum absolute atomic E-state index is 13.8. The van der Waals surface area contributed by atoms with Crippen molar-refractivity contribution < 1.29 is 18.4 Å². The molecule has 0 spiro atoms. The Bertz CT molecular complexity index is 1370. The van der Waals surface area contributed by atoms with Crippen LogP contribution in [0, 0.1) is 11.6 Å². The average Bonchev–Trinajstić information content (AvgIpc) is 2.76. The SMILES string of the molecule is O=C(Cn1cc(C(=O)c2ccncc2)c(=O)c2cc(F)ccc21)Nc1cccc(F)c1. The zero-order chi connectivity index (χ0) is 22.0. The molecule has 6 nitrogen and oxygen atoms in total. The van der Waals surface area contributed by atoms with Crippen LogP contribution in [0.4, 0.5) is 14.5 Å². The zero-order valence-corrected chi connectivity index (χ0v) is 16.0. The topological polar surface area (TPSA) is 81.1 Å². The van der Waals surface area contributed by atoms with Gasteiger partial charge in [0.1, 0.15) is 18.2 Å². The third kappa shape index (κ3) is 4.23. The number of nitrogens with one attached hydrogen (secondary N) is 1. The van der Waals surface area contributed by atoms with Gasteiger partial charge in [-0.05, 0) is 48.5 Å². The summed E-state index contributed by atoms with van der Waals surface area (Å²) in [6.07, 6.45) is 4.11. The highest BCUT2D eigenvalue weighted by molar-refractivity contribution is 6.10. The molecule has 2 aromatic heterocycles. The molecule has 154 valence electrons. The number of fused-ring (bicyclic) bond motifs is 1. The zero-order valence-electron chi connectivity index (χ0n) is 16.0. The molecule has 4 rings (SSSR count). The molecule has 0 aliphatic carbocycles. The first-order valence-electron chi connectivity index (χ1n) is 9.25. The number of pyridine rings is 2. The van der Waals surface area contributed by atoms with E-state index in [9.17, 15) is 23.2 Å². The highest BCUT2D eigenvalue weighted by atomic mass is 19.1. The van der Waals surface area contributed by atoms with Crippen LogP contribution in [0.1, 0.15) is 15.9 Å². The van der Waals surface area contributed by atoms with Gasteiger partial charge in [0.05, 0.1) is 11.1 Å². The summed E-state index contributed by atoms with van der Waals surface area (Å²) >= 11 is 0. The molecule has 0 atom stereocenters. The van der Waals surface area contributed by atoms with Gasteiger partial charge in [-0.15, -0.1) is 0 Å². The van der Waals surface area contributed by atoms with E-state index in [4.69, 9.17) is 0 Å². The van der Waals surface area contributed by atoms with E-state index in [2.05, 4.69) is 10.3 Å². The molecular formula is C23H15F2N3O3. The summed E-state index contributed by atoms with van der Waals surface area (Å²) in [6, 6.07) is 11.9. The van der Waals surface area contributed by atoms with Gasteiger partial charge in [0.25, 0.3) is 0 Å². The molecule has 0 radical (unpaired) electrons. The van der Waals surface area contributed by atoms with Crippen molar-refractivity contribution in [1.82, 2.24) is 9.55 Å². The summed E-state index contributed by atoms with van der Waals surface area (Å²) in [6.45, 7) is -0.282. The molecule has 2 aromatic carbocycles. The number of hydrogen-bond acceptors (Lipinski definition) is 4. The Hall–Kier alpha value is -4.20. The Morgan fingerprint density at radius 3 is 2.45 bits per heavy atom. The summed E-state index contributed by atoms with van der Waals surface area (Å²) in [5, 5.41) is 2.53. The normalized spacial score (nSPS) is 10.8. The standard InChI is InChI=1S/C23H15F2N3O3/c24-15-2-1-3-17(10-15)27-21(29)13-28-12-19(22(30)14-6-8-26-9-7-14)23(31)18-11-16(25)4-5-20(18)28/h1-12H,13H2,(H,27,29). The molecule has 0 fully saturated rings. The quantitative estimate of drug-likeness (QED) is 0.502. The largest absolute Gasteiger partial charge is 0.337 e. The summed E-state index contributed by atoms with van der Waals surface area (Å²) in [7, 11) is 0. The monoisotopic (exact) mass is 419 g/mol. The highest BCUT2D eigenvalue weighted by Crippen LogP contribution is 2.17. The Balaban J connectivity index is 1.77. The molecule has 1 amide bonds. The molecule has 4 aromatic rings. The second-order valence-corrected chi connectivity index (χ2v) is 6.78. The number of anilines is 1. The lowest BCUT2D eigenvalue weighted by molar-refractivity contribution is -0.116. The molecule has 0 aliphatic heterocycles. The van der Waals surface area contributed by atoms with E-state index in [0.717, 1.165) is 18.2 Å². The molecule has 2 heterocycles. The van der Waals surface area contributed by atoms with Crippen molar-refractivity contribution in [1.29, 1.82) is 0 Å². The Morgan fingerprint density at radius 1 is 0.968 bits per heavy atom. The van der Waals surface area contributed by atoms with Gasteiger partial charge < -0.3 is 9.88 Å². The molecule has 0 aliphatic rings. The van der Waals surface area contributed by atoms with Gasteiger partial charge in [0, 0.05) is 35.2 Å². The van der Waals surface area contributed by atoms with Gasteiger partial charge in [0.15, 0.2) is 5.78 Å². The fourth-order valence-corrected chi connectivity index (χ4v) is 3.24. The van der Waals surface area contributed by atoms with Crippen LogP contribution in [0.5, 0.6) is 0 Å². The number of benzene rings is 2. The van der Waals surface area contributed by atoms with Crippen molar-refractivity contribution >= 4 is 28.3 Å². The van der Waals surface area contributed by atoms with Crippen LogP contribution in [-0.2, 0) is 11.3 Å². The molecule has 0 saturated carbocycles. The van der Waals surface area contributed by atoms with E-state index in [1.807, 2.05) is 0 Å². The van der Waals surface area contributed by atoms with E-state index in [1.165, 1.54) is 59.6 Å². The summed E-state index contributed by atoms with van der Waals surface area (Å²) in [5.74, 6) is -2.23. The van der Waals surface area contributed by atoms with Crippen molar-refractivity contribution in [3.8, 4) is 0 Å². The van der Waals surface area contributed by atoms with Gasteiger partial charge in [0.2, 0.25) is 11.3 Å². The van der Waals surface area contributed by atoms with Crippen molar-refractivity contribution in [3.63, 3.8) is 0 Å². The maximum atomic E-state index is 13.8. The van der Waals surface area contributed by atoms with Crippen LogP contribution < -0.4 is 10.7 Å². The number of carbonyl (C=O) groups is 2. The predicted octanol–water partition coefficient (Wildman–Crippen LogP) is 3.54. The van der Waals surface area contributed by atoms with Crippen molar-refractivity contribution in [2.45, 2.75) is 6.54 Å². The smallest absolute Gasteiger partial charge is 0.244 e.